The molecule has 1 aliphatic rings. The highest BCUT2D eigenvalue weighted by molar-refractivity contribution is 5.49. The number of hydrogen-bond acceptors (Lipinski definition) is 5. The molecule has 6 heteroatoms. The van der Waals surface area contributed by atoms with Gasteiger partial charge in [0.1, 0.15) is 5.82 Å². The molecule has 1 aliphatic heterocycles. The Morgan fingerprint density at radius 3 is 2.58 bits per heavy atom. The van der Waals surface area contributed by atoms with Gasteiger partial charge in [0.25, 0.3) is 0 Å². The first-order chi connectivity index (χ1) is 11.7. The van der Waals surface area contributed by atoms with Gasteiger partial charge in [-0.15, -0.1) is 0 Å². The second-order valence-corrected chi connectivity index (χ2v) is 6.10. The van der Waals surface area contributed by atoms with E-state index in [1.165, 1.54) is 11.1 Å². The Labute approximate surface area is 142 Å². The van der Waals surface area contributed by atoms with Crippen LogP contribution in [0.2, 0.25) is 0 Å². The fourth-order valence-corrected chi connectivity index (χ4v) is 2.81. The molecule has 3 rings (SSSR count). The molecule has 0 saturated carbocycles. The number of nitrogens with one attached hydrogen (secondary N) is 1. The van der Waals surface area contributed by atoms with Crippen molar-refractivity contribution in [2.24, 2.45) is 0 Å². The van der Waals surface area contributed by atoms with Crippen molar-refractivity contribution in [1.29, 1.82) is 0 Å². The van der Waals surface area contributed by atoms with E-state index in [0.717, 1.165) is 43.5 Å². The van der Waals surface area contributed by atoms with E-state index in [1.54, 1.807) is 4.90 Å². The largest absolute Gasteiger partial charge is 0.366 e. The second-order valence-electron chi connectivity index (χ2n) is 6.10. The smallest absolute Gasteiger partial charge is 0.227 e. The Balaban J connectivity index is 1.70. The number of aryl methyl sites for hydroxylation is 2. The summed E-state index contributed by atoms with van der Waals surface area (Å²) in [5.41, 5.74) is 3.46. The number of nitrogens with zero attached hydrogens (tertiary/aromatic N) is 4. The van der Waals surface area contributed by atoms with Gasteiger partial charge in [-0.25, -0.2) is 4.98 Å². The van der Waals surface area contributed by atoms with E-state index in [-0.39, 0.29) is 0 Å². The van der Waals surface area contributed by atoms with E-state index in [0.29, 0.717) is 13.1 Å². The SMILES string of the molecule is Cc1cc(NCc2ccccc2C)nc(N2CCN(C=O)CC2)n1. The average Bonchev–Trinajstić information content (AvgIpc) is 2.61. The summed E-state index contributed by atoms with van der Waals surface area (Å²) in [7, 11) is 0. The molecule has 0 radical (unpaired) electrons. The maximum Gasteiger partial charge on any atom is 0.227 e. The zero-order valence-corrected chi connectivity index (χ0v) is 14.2. The first-order valence-electron chi connectivity index (χ1n) is 8.24. The molecular formula is C18H23N5O. The van der Waals surface area contributed by atoms with Gasteiger partial charge in [0.2, 0.25) is 12.4 Å². The van der Waals surface area contributed by atoms with Gasteiger partial charge in [-0.2, -0.15) is 4.98 Å². The molecular weight excluding hydrogens is 302 g/mol. The van der Waals surface area contributed by atoms with Crippen molar-refractivity contribution in [1.82, 2.24) is 14.9 Å². The minimum atomic E-state index is 0.715. The van der Waals surface area contributed by atoms with E-state index >= 15 is 0 Å². The van der Waals surface area contributed by atoms with Gasteiger partial charge in [-0.3, -0.25) is 4.79 Å². The fraction of sp³-hybridized carbons (Fsp3) is 0.389. The summed E-state index contributed by atoms with van der Waals surface area (Å²) in [5, 5.41) is 3.40. The number of benzene rings is 1. The predicted octanol–water partition coefficient (Wildman–Crippen LogP) is 1.98. The first kappa shape index (κ1) is 16.2. The number of rotatable bonds is 5. The number of hydrogen-bond donors (Lipinski definition) is 1. The summed E-state index contributed by atoms with van der Waals surface area (Å²) in [6.45, 7) is 7.78. The number of aromatic nitrogens is 2. The summed E-state index contributed by atoms with van der Waals surface area (Å²) < 4.78 is 0. The molecule has 24 heavy (non-hydrogen) atoms. The fourth-order valence-electron chi connectivity index (χ4n) is 2.81. The molecule has 0 atom stereocenters. The van der Waals surface area contributed by atoms with Crippen LogP contribution in [0, 0.1) is 13.8 Å². The molecule has 1 aromatic carbocycles. The Hall–Kier alpha value is -2.63. The highest BCUT2D eigenvalue weighted by Crippen LogP contribution is 2.17. The summed E-state index contributed by atoms with van der Waals surface area (Å²) >= 11 is 0. The highest BCUT2D eigenvalue weighted by Gasteiger charge is 2.18. The molecule has 1 N–H and O–H groups in total. The lowest BCUT2D eigenvalue weighted by molar-refractivity contribution is -0.118. The Morgan fingerprint density at radius 2 is 1.88 bits per heavy atom. The number of carbonyl (C=O) groups excluding carboxylic acids is 1. The van der Waals surface area contributed by atoms with E-state index in [4.69, 9.17) is 0 Å². The van der Waals surface area contributed by atoms with Crippen LogP contribution in [-0.2, 0) is 11.3 Å². The molecule has 1 amide bonds. The van der Waals surface area contributed by atoms with E-state index < -0.39 is 0 Å². The van der Waals surface area contributed by atoms with Crippen molar-refractivity contribution < 1.29 is 4.79 Å². The minimum absolute atomic E-state index is 0.715. The van der Waals surface area contributed by atoms with Gasteiger partial charge in [-0.05, 0) is 25.0 Å². The zero-order chi connectivity index (χ0) is 16.9. The summed E-state index contributed by atoms with van der Waals surface area (Å²) in [4.78, 5) is 23.9. The van der Waals surface area contributed by atoms with Crippen LogP contribution in [0.5, 0.6) is 0 Å². The van der Waals surface area contributed by atoms with Crippen molar-refractivity contribution in [2.75, 3.05) is 36.4 Å². The normalized spacial score (nSPS) is 14.6. The summed E-state index contributed by atoms with van der Waals surface area (Å²) in [6.07, 6.45) is 0.906. The van der Waals surface area contributed by atoms with E-state index in [1.807, 2.05) is 25.1 Å². The number of anilines is 2. The van der Waals surface area contributed by atoms with Crippen LogP contribution in [0.3, 0.4) is 0 Å². The number of piperazine rings is 1. The number of amides is 1. The van der Waals surface area contributed by atoms with E-state index in [9.17, 15) is 4.79 Å². The lowest BCUT2D eigenvalue weighted by Crippen LogP contribution is -2.46. The summed E-state index contributed by atoms with van der Waals surface area (Å²) in [5.74, 6) is 1.56. The van der Waals surface area contributed by atoms with Gasteiger partial charge < -0.3 is 15.1 Å². The van der Waals surface area contributed by atoms with Crippen LogP contribution in [0.1, 0.15) is 16.8 Å². The topological polar surface area (TPSA) is 61.4 Å². The van der Waals surface area contributed by atoms with Gasteiger partial charge in [-0.1, -0.05) is 24.3 Å². The second kappa shape index (κ2) is 7.29. The van der Waals surface area contributed by atoms with Gasteiger partial charge in [0.05, 0.1) is 0 Å². The van der Waals surface area contributed by atoms with Crippen LogP contribution in [-0.4, -0.2) is 47.5 Å². The predicted molar refractivity (Wildman–Crippen MR) is 95.1 cm³/mol. The van der Waals surface area contributed by atoms with Gasteiger partial charge in [0, 0.05) is 44.5 Å². The van der Waals surface area contributed by atoms with Crippen LogP contribution in [0.15, 0.2) is 30.3 Å². The maximum absolute atomic E-state index is 10.8. The van der Waals surface area contributed by atoms with Crippen LogP contribution < -0.4 is 10.2 Å². The molecule has 6 nitrogen and oxygen atoms in total. The van der Waals surface area contributed by atoms with Crippen LogP contribution in [0.4, 0.5) is 11.8 Å². The number of carbonyl (C=O) groups is 1. The van der Waals surface area contributed by atoms with E-state index in [2.05, 4.69) is 39.2 Å². The lowest BCUT2D eigenvalue weighted by Gasteiger charge is -2.32. The van der Waals surface area contributed by atoms with Crippen molar-refractivity contribution >= 4 is 18.2 Å². The van der Waals surface area contributed by atoms with Gasteiger partial charge in [0.15, 0.2) is 0 Å². The highest BCUT2D eigenvalue weighted by atomic mass is 16.1. The van der Waals surface area contributed by atoms with Crippen molar-refractivity contribution in [3.63, 3.8) is 0 Å². The van der Waals surface area contributed by atoms with Gasteiger partial charge >= 0.3 is 0 Å². The molecule has 1 fully saturated rings. The molecule has 0 unspecified atom stereocenters. The van der Waals surface area contributed by atoms with Crippen LogP contribution in [0.25, 0.3) is 0 Å². The molecule has 0 spiro atoms. The van der Waals surface area contributed by atoms with Crippen LogP contribution >= 0.6 is 0 Å². The zero-order valence-electron chi connectivity index (χ0n) is 14.2. The third kappa shape index (κ3) is 3.82. The minimum Gasteiger partial charge on any atom is -0.366 e. The standard InChI is InChI=1S/C18H23N5O/c1-14-5-3-4-6-16(14)12-19-17-11-15(2)20-18(21-17)23-9-7-22(13-24)8-10-23/h3-6,11,13H,7-10,12H2,1-2H3,(H,19,20,21). The molecule has 126 valence electrons. The quantitative estimate of drug-likeness (QED) is 0.852. The third-order valence-corrected chi connectivity index (χ3v) is 4.31. The Bertz CT molecular complexity index is 710. The third-order valence-electron chi connectivity index (χ3n) is 4.31. The van der Waals surface area contributed by atoms with Crippen molar-refractivity contribution in [3.8, 4) is 0 Å². The molecule has 0 aliphatic carbocycles. The molecule has 2 heterocycles. The molecule has 1 saturated heterocycles. The molecule has 1 aromatic heterocycles. The van der Waals surface area contributed by atoms with Crippen molar-refractivity contribution in [3.05, 3.63) is 47.2 Å². The molecule has 2 aromatic rings. The van der Waals surface area contributed by atoms with Crippen molar-refractivity contribution in [2.45, 2.75) is 20.4 Å². The summed E-state index contributed by atoms with van der Waals surface area (Å²) in [6, 6.07) is 10.3. The Kier molecular flexibility index (Phi) is 4.93. The monoisotopic (exact) mass is 325 g/mol. The first-order valence-corrected chi connectivity index (χ1v) is 8.24. The maximum atomic E-state index is 10.8. The Morgan fingerprint density at radius 1 is 1.12 bits per heavy atom. The lowest BCUT2D eigenvalue weighted by atomic mass is 10.1. The molecule has 0 bridgehead atoms. The average molecular weight is 325 g/mol.